The zero-order valence-electron chi connectivity index (χ0n) is 16.4. The summed E-state index contributed by atoms with van der Waals surface area (Å²) in [7, 11) is -3.41. The van der Waals surface area contributed by atoms with Gasteiger partial charge in [0.2, 0.25) is 11.9 Å². The highest BCUT2D eigenvalue weighted by atomic mass is 32.2. The molecular formula is C20H19F3N2O5S. The molecule has 0 spiro atoms. The van der Waals surface area contributed by atoms with Gasteiger partial charge in [-0.05, 0) is 30.2 Å². The number of hydrogen-bond donors (Lipinski definition) is 0. The maximum Gasteiger partial charge on any atom is 0.237 e. The zero-order chi connectivity index (χ0) is 22.9. The Morgan fingerprint density at radius 1 is 1.13 bits per heavy atom. The Kier molecular flexibility index (Phi) is 6.35. The van der Waals surface area contributed by atoms with Crippen LogP contribution < -0.4 is 0 Å². The number of piperidine rings is 1. The second-order valence-electron chi connectivity index (χ2n) is 7.46. The molecule has 0 aliphatic carbocycles. The lowest BCUT2D eigenvalue weighted by Crippen LogP contribution is -2.50. The van der Waals surface area contributed by atoms with Gasteiger partial charge in [-0.15, -0.1) is 0 Å². The SMILES string of the molecule is CS(=O)(=O)c1cccc(CCN2C[C@H]([N+](=O)[O-])[C@@H](c3cc(F)c(F)cc3F)CC2=O)c1. The standard InChI is InChI=1S/C20H19F3N2O5S/c1-31(29,30)13-4-2-3-12(7-13)5-6-24-11-19(25(27)28)15(9-20(24)26)14-8-17(22)18(23)10-16(14)21/h2-4,7-8,10,15,19H,5-6,9,11H2,1H3/t15-,19+/m1/s1. The Morgan fingerprint density at radius 2 is 1.81 bits per heavy atom. The van der Waals surface area contributed by atoms with Crippen molar-refractivity contribution in [1.82, 2.24) is 4.90 Å². The van der Waals surface area contributed by atoms with Crippen LogP contribution in [0, 0.1) is 27.6 Å². The lowest BCUT2D eigenvalue weighted by molar-refractivity contribution is -0.528. The highest BCUT2D eigenvalue weighted by molar-refractivity contribution is 7.90. The second kappa shape index (κ2) is 8.66. The minimum atomic E-state index is -3.41. The number of halogens is 3. The highest BCUT2D eigenvalue weighted by Crippen LogP contribution is 2.33. The molecule has 0 unspecified atom stereocenters. The lowest BCUT2D eigenvalue weighted by atomic mass is 9.84. The fraction of sp³-hybridized carbons (Fsp3) is 0.350. The van der Waals surface area contributed by atoms with E-state index in [-0.39, 0.29) is 24.4 Å². The quantitative estimate of drug-likeness (QED) is 0.378. The molecule has 1 saturated heterocycles. The van der Waals surface area contributed by atoms with Gasteiger partial charge in [0, 0.05) is 35.8 Å². The zero-order valence-corrected chi connectivity index (χ0v) is 17.2. The summed E-state index contributed by atoms with van der Waals surface area (Å²) in [6, 6.07) is 5.61. The van der Waals surface area contributed by atoms with Gasteiger partial charge in [0.05, 0.1) is 17.4 Å². The van der Waals surface area contributed by atoms with E-state index in [0.29, 0.717) is 17.7 Å². The summed E-state index contributed by atoms with van der Waals surface area (Å²) in [6.07, 6.45) is 0.889. The average molecular weight is 456 g/mol. The molecule has 7 nitrogen and oxygen atoms in total. The minimum Gasteiger partial charge on any atom is -0.335 e. The van der Waals surface area contributed by atoms with E-state index < -0.39 is 62.1 Å². The van der Waals surface area contributed by atoms with Crippen LogP contribution in [0.15, 0.2) is 41.3 Å². The molecule has 2 aromatic rings. The van der Waals surface area contributed by atoms with E-state index in [9.17, 15) is 36.5 Å². The van der Waals surface area contributed by atoms with E-state index >= 15 is 0 Å². The fourth-order valence-corrected chi connectivity index (χ4v) is 4.36. The molecule has 2 atom stereocenters. The fourth-order valence-electron chi connectivity index (χ4n) is 3.67. The van der Waals surface area contributed by atoms with Crippen molar-refractivity contribution in [3.63, 3.8) is 0 Å². The molecule has 0 saturated carbocycles. The Hall–Kier alpha value is -2.95. The summed E-state index contributed by atoms with van der Waals surface area (Å²) >= 11 is 0. The summed E-state index contributed by atoms with van der Waals surface area (Å²) < 4.78 is 64.4. The largest absolute Gasteiger partial charge is 0.335 e. The number of likely N-dealkylation sites (tertiary alicyclic amines) is 1. The molecule has 2 aromatic carbocycles. The van der Waals surface area contributed by atoms with Gasteiger partial charge in [0.25, 0.3) is 0 Å². The molecule has 1 amide bonds. The molecule has 1 aliphatic rings. The first-order valence-corrected chi connectivity index (χ1v) is 11.2. The first-order valence-electron chi connectivity index (χ1n) is 9.32. The smallest absolute Gasteiger partial charge is 0.237 e. The van der Waals surface area contributed by atoms with Crippen molar-refractivity contribution >= 4 is 15.7 Å². The van der Waals surface area contributed by atoms with Crippen LogP contribution in [0.25, 0.3) is 0 Å². The number of sulfone groups is 1. The van der Waals surface area contributed by atoms with Crippen molar-refractivity contribution in [2.45, 2.75) is 29.7 Å². The summed E-state index contributed by atoms with van der Waals surface area (Å²) in [4.78, 5) is 24.9. The van der Waals surface area contributed by atoms with Gasteiger partial charge in [-0.1, -0.05) is 12.1 Å². The number of carbonyl (C=O) groups excluding carboxylic acids is 1. The van der Waals surface area contributed by atoms with Crippen molar-refractivity contribution in [1.29, 1.82) is 0 Å². The predicted molar refractivity (Wildman–Crippen MR) is 104 cm³/mol. The van der Waals surface area contributed by atoms with Crippen LogP contribution in [0.5, 0.6) is 0 Å². The molecule has 1 fully saturated rings. The van der Waals surface area contributed by atoms with Gasteiger partial charge >= 0.3 is 0 Å². The maximum atomic E-state index is 14.2. The normalized spacial score (nSPS) is 19.5. The Balaban J connectivity index is 1.79. The van der Waals surface area contributed by atoms with Crippen LogP contribution in [0.2, 0.25) is 0 Å². The van der Waals surface area contributed by atoms with Gasteiger partial charge in [0.15, 0.2) is 21.5 Å². The van der Waals surface area contributed by atoms with Gasteiger partial charge in [-0.25, -0.2) is 21.6 Å². The molecule has 0 bridgehead atoms. The number of rotatable bonds is 6. The molecule has 31 heavy (non-hydrogen) atoms. The van der Waals surface area contributed by atoms with Crippen LogP contribution in [0.4, 0.5) is 13.2 Å². The average Bonchev–Trinajstić information content (AvgIpc) is 2.69. The number of carbonyl (C=O) groups is 1. The van der Waals surface area contributed by atoms with Crippen molar-refractivity contribution in [2.75, 3.05) is 19.3 Å². The number of hydrogen-bond acceptors (Lipinski definition) is 5. The molecule has 11 heteroatoms. The summed E-state index contributed by atoms with van der Waals surface area (Å²) in [5.74, 6) is -5.64. The molecule has 166 valence electrons. The molecule has 0 N–H and O–H groups in total. The molecule has 0 aromatic heterocycles. The second-order valence-corrected chi connectivity index (χ2v) is 9.48. The Bertz CT molecular complexity index is 1140. The van der Waals surface area contributed by atoms with E-state index in [1.807, 2.05) is 0 Å². The van der Waals surface area contributed by atoms with Crippen LogP contribution in [0.3, 0.4) is 0 Å². The van der Waals surface area contributed by atoms with E-state index in [2.05, 4.69) is 0 Å². The summed E-state index contributed by atoms with van der Waals surface area (Å²) in [6.45, 7) is -0.246. The molecule has 0 radical (unpaired) electrons. The molecular weight excluding hydrogens is 437 g/mol. The van der Waals surface area contributed by atoms with E-state index in [1.165, 1.54) is 17.0 Å². The molecule has 3 rings (SSSR count). The minimum absolute atomic E-state index is 0.0867. The first-order chi connectivity index (χ1) is 14.5. The van der Waals surface area contributed by atoms with Crippen molar-refractivity contribution in [3.05, 3.63) is 75.1 Å². The van der Waals surface area contributed by atoms with Crippen molar-refractivity contribution < 1.29 is 31.3 Å². The highest BCUT2D eigenvalue weighted by Gasteiger charge is 2.43. The van der Waals surface area contributed by atoms with E-state index in [0.717, 1.165) is 6.26 Å². The van der Waals surface area contributed by atoms with Gasteiger partial charge in [-0.2, -0.15) is 0 Å². The molecule has 1 aliphatic heterocycles. The van der Waals surface area contributed by atoms with Crippen molar-refractivity contribution in [3.8, 4) is 0 Å². The van der Waals surface area contributed by atoms with Crippen LogP contribution in [0.1, 0.15) is 23.5 Å². The monoisotopic (exact) mass is 456 g/mol. The third-order valence-electron chi connectivity index (χ3n) is 5.33. The molecule has 1 heterocycles. The van der Waals surface area contributed by atoms with Gasteiger partial charge < -0.3 is 4.90 Å². The lowest BCUT2D eigenvalue weighted by Gasteiger charge is -2.34. The van der Waals surface area contributed by atoms with Crippen LogP contribution in [-0.4, -0.2) is 49.5 Å². The van der Waals surface area contributed by atoms with Gasteiger partial charge in [-0.3, -0.25) is 14.9 Å². The van der Waals surface area contributed by atoms with E-state index in [1.54, 1.807) is 12.1 Å². The van der Waals surface area contributed by atoms with Crippen LogP contribution >= 0.6 is 0 Å². The van der Waals surface area contributed by atoms with Crippen LogP contribution in [-0.2, 0) is 21.1 Å². The Labute approximate surface area is 176 Å². The Morgan fingerprint density at radius 3 is 2.45 bits per heavy atom. The maximum absolute atomic E-state index is 14.2. The number of nitrogens with zero attached hydrogens (tertiary/aromatic N) is 2. The third-order valence-corrected chi connectivity index (χ3v) is 6.44. The van der Waals surface area contributed by atoms with Gasteiger partial charge in [0.1, 0.15) is 5.82 Å². The first kappa shape index (κ1) is 22.7. The summed E-state index contributed by atoms with van der Waals surface area (Å²) in [5, 5.41) is 11.6. The van der Waals surface area contributed by atoms with E-state index in [4.69, 9.17) is 0 Å². The third kappa shape index (κ3) is 5.04. The summed E-state index contributed by atoms with van der Waals surface area (Å²) in [5.41, 5.74) is 0.219. The topological polar surface area (TPSA) is 97.6 Å². The number of nitro groups is 1. The number of amides is 1. The predicted octanol–water partition coefficient (Wildman–Crippen LogP) is 2.71. The van der Waals surface area contributed by atoms with Crippen molar-refractivity contribution in [2.24, 2.45) is 0 Å². The number of benzene rings is 2.